The van der Waals surface area contributed by atoms with Crippen molar-refractivity contribution in [2.24, 2.45) is 0 Å². The molecular weight excluding hydrogens is 188 g/mol. The maximum atomic E-state index is 5.59. The Morgan fingerprint density at radius 1 is 1.07 bits per heavy atom. The maximum absolute atomic E-state index is 5.59. The summed E-state index contributed by atoms with van der Waals surface area (Å²) in [6, 6.07) is 1.29. The van der Waals surface area contributed by atoms with Crippen molar-refractivity contribution in [2.75, 3.05) is 6.61 Å². The minimum atomic E-state index is 0.223. The Bertz CT molecular complexity index is 314. The number of ether oxygens (including phenoxy) is 1. The molecule has 0 saturated carbocycles. The zero-order valence-electron chi connectivity index (χ0n) is 8.60. The predicted octanol–water partition coefficient (Wildman–Crippen LogP) is 0.714. The van der Waals surface area contributed by atoms with Gasteiger partial charge in [-0.15, -0.1) is 0 Å². The molecule has 0 aromatic rings. The SMILES string of the molecule is C1=CC(C2C=CC(C3CC=CN3)N2)OC1. The summed E-state index contributed by atoms with van der Waals surface area (Å²) in [5.74, 6) is 0. The van der Waals surface area contributed by atoms with Crippen LogP contribution in [0.15, 0.2) is 36.6 Å². The van der Waals surface area contributed by atoms with Gasteiger partial charge in [0.25, 0.3) is 0 Å². The van der Waals surface area contributed by atoms with Gasteiger partial charge in [-0.05, 0) is 12.6 Å². The van der Waals surface area contributed by atoms with Crippen molar-refractivity contribution >= 4 is 0 Å². The first-order chi connectivity index (χ1) is 7.43. The molecule has 80 valence electrons. The van der Waals surface area contributed by atoms with Gasteiger partial charge in [0, 0.05) is 12.1 Å². The Morgan fingerprint density at radius 2 is 2.00 bits per heavy atom. The van der Waals surface area contributed by atoms with Crippen LogP contribution in [-0.4, -0.2) is 30.8 Å². The summed E-state index contributed by atoms with van der Waals surface area (Å²) in [4.78, 5) is 0. The standard InChI is InChI=1S/C12H16N2O/c1-3-9(13-7-1)10-5-6-11(14-10)12-4-2-8-15-12/h1-2,4-7,9-14H,3,8H2. The van der Waals surface area contributed by atoms with Crippen molar-refractivity contribution in [1.29, 1.82) is 0 Å². The number of hydrogen-bond acceptors (Lipinski definition) is 3. The van der Waals surface area contributed by atoms with E-state index in [0.717, 1.165) is 13.0 Å². The first-order valence-electron chi connectivity index (χ1n) is 5.57. The second-order valence-corrected chi connectivity index (χ2v) is 4.24. The highest BCUT2D eigenvalue weighted by Crippen LogP contribution is 2.18. The summed E-state index contributed by atoms with van der Waals surface area (Å²) < 4.78 is 5.59. The first-order valence-corrected chi connectivity index (χ1v) is 5.57. The molecule has 0 aliphatic carbocycles. The van der Waals surface area contributed by atoms with E-state index in [1.54, 1.807) is 0 Å². The lowest BCUT2D eigenvalue weighted by Crippen LogP contribution is -2.46. The summed E-state index contributed by atoms with van der Waals surface area (Å²) in [6.07, 6.45) is 14.3. The average molecular weight is 204 g/mol. The van der Waals surface area contributed by atoms with Crippen molar-refractivity contribution in [3.63, 3.8) is 0 Å². The van der Waals surface area contributed by atoms with Crippen LogP contribution in [-0.2, 0) is 4.74 Å². The average Bonchev–Trinajstić information content (AvgIpc) is 3.02. The summed E-state index contributed by atoms with van der Waals surface area (Å²) in [5.41, 5.74) is 0. The molecule has 3 aliphatic heterocycles. The summed E-state index contributed by atoms with van der Waals surface area (Å²) in [7, 11) is 0. The van der Waals surface area contributed by atoms with Crippen LogP contribution >= 0.6 is 0 Å². The molecule has 2 N–H and O–H groups in total. The molecule has 4 atom stereocenters. The summed E-state index contributed by atoms with van der Waals surface area (Å²) in [6.45, 7) is 0.755. The van der Waals surface area contributed by atoms with Gasteiger partial charge in [-0.2, -0.15) is 0 Å². The molecule has 0 spiro atoms. The van der Waals surface area contributed by atoms with Gasteiger partial charge in [0.1, 0.15) is 0 Å². The van der Waals surface area contributed by atoms with Gasteiger partial charge in [-0.1, -0.05) is 30.4 Å². The van der Waals surface area contributed by atoms with E-state index in [-0.39, 0.29) is 6.10 Å². The van der Waals surface area contributed by atoms with Gasteiger partial charge in [0.2, 0.25) is 0 Å². The van der Waals surface area contributed by atoms with E-state index in [2.05, 4.69) is 41.0 Å². The van der Waals surface area contributed by atoms with Crippen LogP contribution in [0.2, 0.25) is 0 Å². The van der Waals surface area contributed by atoms with E-state index in [4.69, 9.17) is 4.74 Å². The number of rotatable bonds is 2. The molecule has 4 unspecified atom stereocenters. The van der Waals surface area contributed by atoms with Gasteiger partial charge >= 0.3 is 0 Å². The monoisotopic (exact) mass is 204 g/mol. The third kappa shape index (κ3) is 1.73. The zero-order chi connectivity index (χ0) is 10.1. The van der Waals surface area contributed by atoms with E-state index in [1.165, 1.54) is 0 Å². The van der Waals surface area contributed by atoms with Crippen LogP contribution in [0.4, 0.5) is 0 Å². The Hall–Kier alpha value is -1.06. The van der Waals surface area contributed by atoms with Crippen LogP contribution in [0.5, 0.6) is 0 Å². The third-order valence-electron chi connectivity index (χ3n) is 3.23. The van der Waals surface area contributed by atoms with Gasteiger partial charge in [-0.3, -0.25) is 5.32 Å². The van der Waals surface area contributed by atoms with E-state index >= 15 is 0 Å². The molecule has 0 fully saturated rings. The largest absolute Gasteiger partial charge is 0.386 e. The van der Waals surface area contributed by atoms with Crippen LogP contribution in [0.3, 0.4) is 0 Å². The topological polar surface area (TPSA) is 33.3 Å². The lowest BCUT2D eigenvalue weighted by atomic mass is 10.1. The molecule has 0 saturated heterocycles. The van der Waals surface area contributed by atoms with Crippen molar-refractivity contribution in [3.05, 3.63) is 36.6 Å². The van der Waals surface area contributed by atoms with Gasteiger partial charge in [0.05, 0.1) is 18.8 Å². The van der Waals surface area contributed by atoms with Crippen LogP contribution in [0.1, 0.15) is 6.42 Å². The van der Waals surface area contributed by atoms with Crippen LogP contribution in [0.25, 0.3) is 0 Å². The molecule has 3 heteroatoms. The molecule has 0 bridgehead atoms. The second kappa shape index (κ2) is 3.83. The fourth-order valence-electron chi connectivity index (χ4n) is 2.39. The van der Waals surface area contributed by atoms with E-state index in [0.29, 0.717) is 18.1 Å². The minimum absolute atomic E-state index is 0.223. The quantitative estimate of drug-likeness (QED) is 0.650. The lowest BCUT2D eigenvalue weighted by molar-refractivity contribution is 0.108. The van der Waals surface area contributed by atoms with E-state index in [1.807, 2.05) is 6.20 Å². The molecule has 0 amide bonds. The maximum Gasteiger partial charge on any atom is 0.0949 e. The summed E-state index contributed by atoms with van der Waals surface area (Å²) in [5, 5.41) is 6.94. The fourth-order valence-corrected chi connectivity index (χ4v) is 2.39. The van der Waals surface area contributed by atoms with E-state index in [9.17, 15) is 0 Å². The lowest BCUT2D eigenvalue weighted by Gasteiger charge is -2.23. The highest BCUT2D eigenvalue weighted by Gasteiger charge is 2.30. The Morgan fingerprint density at radius 3 is 2.73 bits per heavy atom. The Balaban J connectivity index is 1.59. The fraction of sp³-hybridized carbons (Fsp3) is 0.500. The smallest absolute Gasteiger partial charge is 0.0949 e. The Labute approximate surface area is 89.9 Å². The molecule has 15 heavy (non-hydrogen) atoms. The van der Waals surface area contributed by atoms with Gasteiger partial charge < -0.3 is 10.1 Å². The summed E-state index contributed by atoms with van der Waals surface area (Å²) >= 11 is 0. The highest BCUT2D eigenvalue weighted by atomic mass is 16.5. The predicted molar refractivity (Wildman–Crippen MR) is 59.4 cm³/mol. The molecule has 0 aromatic heterocycles. The number of hydrogen-bond donors (Lipinski definition) is 2. The zero-order valence-corrected chi connectivity index (χ0v) is 8.60. The van der Waals surface area contributed by atoms with Crippen molar-refractivity contribution in [3.8, 4) is 0 Å². The minimum Gasteiger partial charge on any atom is -0.386 e. The molecule has 3 nitrogen and oxygen atoms in total. The van der Waals surface area contributed by atoms with Crippen LogP contribution in [0, 0.1) is 0 Å². The Kier molecular flexibility index (Phi) is 2.35. The number of nitrogens with one attached hydrogen (secondary N) is 2. The van der Waals surface area contributed by atoms with Crippen LogP contribution < -0.4 is 10.6 Å². The van der Waals surface area contributed by atoms with Crippen molar-refractivity contribution in [1.82, 2.24) is 10.6 Å². The van der Waals surface area contributed by atoms with Gasteiger partial charge in [-0.25, -0.2) is 0 Å². The van der Waals surface area contributed by atoms with Gasteiger partial charge in [0.15, 0.2) is 0 Å². The highest BCUT2D eigenvalue weighted by molar-refractivity contribution is 5.20. The molecule has 0 radical (unpaired) electrons. The molecule has 3 aliphatic rings. The first kappa shape index (κ1) is 9.19. The van der Waals surface area contributed by atoms with Crippen molar-refractivity contribution in [2.45, 2.75) is 30.7 Å². The molecule has 3 rings (SSSR count). The second-order valence-electron chi connectivity index (χ2n) is 4.24. The van der Waals surface area contributed by atoms with E-state index < -0.39 is 0 Å². The normalized spacial score (nSPS) is 42.7. The molecule has 3 heterocycles. The van der Waals surface area contributed by atoms with Crippen molar-refractivity contribution < 1.29 is 4.74 Å². The third-order valence-corrected chi connectivity index (χ3v) is 3.23. The molecule has 0 aromatic carbocycles. The molecular formula is C12H16N2O.